The van der Waals surface area contributed by atoms with Crippen LogP contribution in [0.2, 0.25) is 0 Å². The molecular formula is C14H7F5N2. The Labute approximate surface area is 116 Å². The Bertz CT molecular complexity index is 716. The normalized spacial score (nSPS) is 11.0. The topological polar surface area (TPSA) is 35.8 Å². The van der Waals surface area contributed by atoms with Gasteiger partial charge < -0.3 is 5.32 Å². The van der Waals surface area contributed by atoms with Crippen LogP contribution in [0.5, 0.6) is 0 Å². The third-order valence-electron chi connectivity index (χ3n) is 2.67. The zero-order chi connectivity index (χ0) is 15.6. The molecule has 0 saturated heterocycles. The lowest BCUT2D eigenvalue weighted by molar-refractivity contribution is -0.137. The summed E-state index contributed by atoms with van der Waals surface area (Å²) in [5, 5.41) is 11.2. The Morgan fingerprint density at radius 1 is 0.952 bits per heavy atom. The lowest BCUT2D eigenvalue weighted by Crippen LogP contribution is -2.06. The van der Waals surface area contributed by atoms with Gasteiger partial charge in [0.05, 0.1) is 22.5 Å². The predicted octanol–water partition coefficient (Wildman–Crippen LogP) is 4.60. The minimum absolute atomic E-state index is 0.0910. The maximum absolute atomic E-state index is 13.5. The van der Waals surface area contributed by atoms with E-state index in [0.29, 0.717) is 12.1 Å². The van der Waals surface area contributed by atoms with Gasteiger partial charge in [-0.3, -0.25) is 0 Å². The highest BCUT2D eigenvalue weighted by molar-refractivity contribution is 5.67. The molecule has 0 amide bonds. The molecule has 2 rings (SSSR count). The number of hydrogen-bond acceptors (Lipinski definition) is 2. The van der Waals surface area contributed by atoms with Crippen molar-refractivity contribution in [1.29, 1.82) is 5.26 Å². The summed E-state index contributed by atoms with van der Waals surface area (Å²) in [6.45, 7) is 0. The molecule has 0 aliphatic heterocycles. The molecule has 7 heteroatoms. The van der Waals surface area contributed by atoms with Gasteiger partial charge >= 0.3 is 6.18 Å². The number of anilines is 2. The minimum atomic E-state index is -4.59. The lowest BCUT2D eigenvalue weighted by atomic mass is 10.1. The summed E-state index contributed by atoms with van der Waals surface area (Å²) in [4.78, 5) is 0. The molecule has 0 atom stereocenters. The SMILES string of the molecule is N#Cc1ccc(C(F)(F)F)cc1Nc1ccc(F)cc1F. The smallest absolute Gasteiger partial charge is 0.352 e. The lowest BCUT2D eigenvalue weighted by Gasteiger charge is -2.12. The Kier molecular flexibility index (Phi) is 3.80. The van der Waals surface area contributed by atoms with Crippen LogP contribution in [-0.4, -0.2) is 0 Å². The molecule has 0 aromatic heterocycles. The summed E-state index contributed by atoms with van der Waals surface area (Å²) in [5.74, 6) is -1.79. The van der Waals surface area contributed by atoms with Crippen molar-refractivity contribution in [2.75, 3.05) is 5.32 Å². The second-order valence-electron chi connectivity index (χ2n) is 4.12. The molecule has 0 radical (unpaired) electrons. The predicted molar refractivity (Wildman–Crippen MR) is 65.8 cm³/mol. The van der Waals surface area contributed by atoms with Gasteiger partial charge in [0, 0.05) is 6.07 Å². The molecule has 0 fully saturated rings. The first-order valence-electron chi connectivity index (χ1n) is 5.64. The molecular weight excluding hydrogens is 291 g/mol. The van der Waals surface area contributed by atoms with E-state index in [1.807, 2.05) is 0 Å². The van der Waals surface area contributed by atoms with Crippen LogP contribution in [0.15, 0.2) is 36.4 Å². The molecule has 0 aliphatic carbocycles. The molecule has 0 saturated carbocycles. The Morgan fingerprint density at radius 2 is 1.67 bits per heavy atom. The Balaban J connectivity index is 2.45. The van der Waals surface area contributed by atoms with E-state index in [9.17, 15) is 22.0 Å². The molecule has 2 nitrogen and oxygen atoms in total. The van der Waals surface area contributed by atoms with Crippen LogP contribution >= 0.6 is 0 Å². The van der Waals surface area contributed by atoms with E-state index in [1.54, 1.807) is 6.07 Å². The van der Waals surface area contributed by atoms with Crippen LogP contribution in [0.4, 0.5) is 33.3 Å². The van der Waals surface area contributed by atoms with E-state index < -0.39 is 23.4 Å². The van der Waals surface area contributed by atoms with Gasteiger partial charge in [0.2, 0.25) is 0 Å². The fraction of sp³-hybridized carbons (Fsp3) is 0.0714. The molecule has 0 unspecified atom stereocenters. The zero-order valence-electron chi connectivity index (χ0n) is 10.3. The third-order valence-corrected chi connectivity index (χ3v) is 2.67. The number of benzene rings is 2. The van der Waals surface area contributed by atoms with Crippen LogP contribution in [0.3, 0.4) is 0 Å². The molecule has 0 bridgehead atoms. The fourth-order valence-electron chi connectivity index (χ4n) is 1.66. The van der Waals surface area contributed by atoms with Crippen molar-refractivity contribution < 1.29 is 22.0 Å². The van der Waals surface area contributed by atoms with E-state index in [-0.39, 0.29) is 16.9 Å². The summed E-state index contributed by atoms with van der Waals surface area (Å²) >= 11 is 0. The molecule has 0 heterocycles. The molecule has 0 aliphatic rings. The van der Waals surface area contributed by atoms with E-state index >= 15 is 0 Å². The molecule has 2 aromatic carbocycles. The van der Waals surface area contributed by atoms with Crippen LogP contribution in [0, 0.1) is 23.0 Å². The van der Waals surface area contributed by atoms with Crippen LogP contribution < -0.4 is 5.32 Å². The van der Waals surface area contributed by atoms with Crippen LogP contribution in [0.25, 0.3) is 0 Å². The summed E-state index contributed by atoms with van der Waals surface area (Å²) in [6, 6.07) is 6.70. The Hall–Kier alpha value is -2.62. The van der Waals surface area contributed by atoms with Crippen molar-refractivity contribution >= 4 is 11.4 Å². The molecule has 21 heavy (non-hydrogen) atoms. The third kappa shape index (κ3) is 3.28. The number of nitrogens with one attached hydrogen (secondary N) is 1. The first-order valence-corrected chi connectivity index (χ1v) is 5.64. The Morgan fingerprint density at radius 3 is 2.24 bits per heavy atom. The molecule has 1 N–H and O–H groups in total. The fourth-order valence-corrected chi connectivity index (χ4v) is 1.66. The summed E-state index contributed by atoms with van der Waals surface area (Å²) in [5.41, 5.74) is -1.51. The number of halogens is 5. The standard InChI is InChI=1S/C14H7F5N2/c15-10-3-4-12(11(16)6-10)21-13-5-9(14(17,18)19)2-1-8(13)7-20/h1-6,21H. The maximum Gasteiger partial charge on any atom is 0.416 e. The van der Waals surface area contributed by atoms with Crippen molar-refractivity contribution in [3.63, 3.8) is 0 Å². The average Bonchev–Trinajstić information content (AvgIpc) is 2.41. The van der Waals surface area contributed by atoms with Crippen molar-refractivity contribution in [2.45, 2.75) is 6.18 Å². The highest BCUT2D eigenvalue weighted by Crippen LogP contribution is 2.33. The molecule has 108 valence electrons. The first kappa shape index (κ1) is 14.8. The van der Waals surface area contributed by atoms with Crippen molar-refractivity contribution in [3.05, 3.63) is 59.2 Å². The van der Waals surface area contributed by atoms with Gasteiger partial charge in [0.25, 0.3) is 0 Å². The second kappa shape index (κ2) is 5.40. The number of alkyl halides is 3. The van der Waals surface area contributed by atoms with E-state index in [2.05, 4.69) is 5.32 Å². The van der Waals surface area contributed by atoms with Gasteiger partial charge in [-0.1, -0.05) is 0 Å². The number of rotatable bonds is 2. The van der Waals surface area contributed by atoms with E-state index in [1.165, 1.54) is 0 Å². The average molecular weight is 298 g/mol. The summed E-state index contributed by atoms with van der Waals surface area (Å²) in [7, 11) is 0. The number of nitriles is 1. The number of hydrogen-bond donors (Lipinski definition) is 1. The van der Waals surface area contributed by atoms with Gasteiger partial charge in [0.15, 0.2) is 0 Å². The van der Waals surface area contributed by atoms with Crippen molar-refractivity contribution in [3.8, 4) is 6.07 Å². The summed E-state index contributed by atoms with van der Waals surface area (Å²) in [6.07, 6.45) is -4.59. The molecule has 2 aromatic rings. The summed E-state index contributed by atoms with van der Waals surface area (Å²) < 4.78 is 64.2. The van der Waals surface area contributed by atoms with Crippen LogP contribution in [0.1, 0.15) is 11.1 Å². The largest absolute Gasteiger partial charge is 0.416 e. The monoisotopic (exact) mass is 298 g/mol. The second-order valence-corrected chi connectivity index (χ2v) is 4.12. The van der Waals surface area contributed by atoms with Gasteiger partial charge in [-0.2, -0.15) is 18.4 Å². The van der Waals surface area contributed by atoms with Crippen molar-refractivity contribution in [1.82, 2.24) is 0 Å². The highest BCUT2D eigenvalue weighted by Gasteiger charge is 2.31. The van der Waals surface area contributed by atoms with Gasteiger partial charge in [0.1, 0.15) is 17.7 Å². The van der Waals surface area contributed by atoms with Crippen molar-refractivity contribution in [2.24, 2.45) is 0 Å². The molecule has 0 spiro atoms. The highest BCUT2D eigenvalue weighted by atomic mass is 19.4. The first-order chi connectivity index (χ1) is 9.81. The van der Waals surface area contributed by atoms with Crippen LogP contribution in [-0.2, 0) is 6.18 Å². The van der Waals surface area contributed by atoms with Gasteiger partial charge in [-0.25, -0.2) is 8.78 Å². The van der Waals surface area contributed by atoms with Gasteiger partial charge in [-0.15, -0.1) is 0 Å². The van der Waals surface area contributed by atoms with E-state index in [4.69, 9.17) is 5.26 Å². The van der Waals surface area contributed by atoms with Gasteiger partial charge in [-0.05, 0) is 30.3 Å². The zero-order valence-corrected chi connectivity index (χ0v) is 10.3. The van der Waals surface area contributed by atoms with E-state index in [0.717, 1.165) is 24.3 Å². The number of nitrogens with zero attached hydrogens (tertiary/aromatic N) is 1. The quantitative estimate of drug-likeness (QED) is 0.822. The maximum atomic E-state index is 13.5. The minimum Gasteiger partial charge on any atom is -0.352 e.